The number of nitrogens with one attached hydrogen (secondary N) is 2. The summed E-state index contributed by atoms with van der Waals surface area (Å²) in [5.41, 5.74) is 0.253. The van der Waals surface area contributed by atoms with Crippen LogP contribution in [0.3, 0.4) is 0 Å². The Morgan fingerprint density at radius 2 is 1.68 bits per heavy atom. The van der Waals surface area contributed by atoms with Crippen LogP contribution in [0, 0.1) is 0 Å². The van der Waals surface area contributed by atoms with E-state index in [2.05, 4.69) is 32.5 Å². The van der Waals surface area contributed by atoms with Gasteiger partial charge < -0.3 is 20.4 Å². The van der Waals surface area contributed by atoms with Gasteiger partial charge >= 0.3 is 0 Å². The first-order valence-electron chi connectivity index (χ1n) is 11.2. The molecule has 28 heavy (non-hydrogen) atoms. The average molecular weight is 393 g/mol. The van der Waals surface area contributed by atoms with Crippen molar-refractivity contribution >= 4 is 11.9 Å². The number of hydrogen-bond donors (Lipinski definition) is 2. The van der Waals surface area contributed by atoms with Crippen LogP contribution in [0.1, 0.15) is 51.9 Å². The number of piperidine rings is 3. The minimum atomic E-state index is 0.187. The highest BCUT2D eigenvalue weighted by Crippen LogP contribution is 2.30. The predicted molar refractivity (Wildman–Crippen MR) is 115 cm³/mol. The highest BCUT2D eigenvalue weighted by Gasteiger charge is 2.39. The Morgan fingerprint density at radius 1 is 1.04 bits per heavy atom. The molecule has 0 aromatic carbocycles. The van der Waals surface area contributed by atoms with E-state index in [1.165, 1.54) is 58.3 Å². The molecule has 1 amide bonds. The molecule has 0 atom stereocenters. The van der Waals surface area contributed by atoms with Crippen molar-refractivity contribution in [1.29, 1.82) is 0 Å². The van der Waals surface area contributed by atoms with E-state index in [0.29, 0.717) is 6.04 Å². The monoisotopic (exact) mass is 392 g/mol. The fourth-order valence-corrected chi connectivity index (χ4v) is 4.98. The second kappa shape index (κ2) is 9.92. The smallest absolute Gasteiger partial charge is 0.219 e. The van der Waals surface area contributed by atoms with Crippen molar-refractivity contribution < 1.29 is 4.79 Å². The summed E-state index contributed by atoms with van der Waals surface area (Å²) in [5, 5.41) is 7.28. The molecule has 3 aliphatic heterocycles. The molecule has 0 saturated carbocycles. The summed E-state index contributed by atoms with van der Waals surface area (Å²) in [6, 6.07) is 0.394. The molecule has 0 aromatic rings. The number of hydrogen-bond acceptors (Lipinski definition) is 4. The molecule has 160 valence electrons. The topological polar surface area (TPSA) is 63.2 Å². The van der Waals surface area contributed by atoms with Crippen LogP contribution in [-0.4, -0.2) is 98.1 Å². The van der Waals surface area contributed by atoms with Crippen LogP contribution >= 0.6 is 0 Å². The third kappa shape index (κ3) is 5.38. The summed E-state index contributed by atoms with van der Waals surface area (Å²) in [7, 11) is 4.10. The number of amides is 1. The van der Waals surface area contributed by atoms with E-state index >= 15 is 0 Å². The van der Waals surface area contributed by atoms with Crippen LogP contribution in [0.4, 0.5) is 0 Å². The van der Waals surface area contributed by atoms with Crippen LogP contribution in [-0.2, 0) is 4.79 Å². The number of likely N-dealkylation sites (tertiary alicyclic amines) is 3. The van der Waals surface area contributed by atoms with Crippen molar-refractivity contribution in [3.63, 3.8) is 0 Å². The fourth-order valence-electron chi connectivity index (χ4n) is 4.98. The van der Waals surface area contributed by atoms with Gasteiger partial charge in [0.2, 0.25) is 5.91 Å². The summed E-state index contributed by atoms with van der Waals surface area (Å²) < 4.78 is 0. The van der Waals surface area contributed by atoms with Gasteiger partial charge in [-0.25, -0.2) is 0 Å². The number of nitrogens with zero attached hydrogens (tertiary/aromatic N) is 4. The Hall–Kier alpha value is -1.34. The number of rotatable bonds is 4. The Morgan fingerprint density at radius 3 is 2.25 bits per heavy atom. The number of carbonyl (C=O) groups is 1. The van der Waals surface area contributed by atoms with Gasteiger partial charge in [-0.2, -0.15) is 0 Å². The van der Waals surface area contributed by atoms with E-state index < -0.39 is 0 Å². The molecule has 3 saturated heterocycles. The van der Waals surface area contributed by atoms with Gasteiger partial charge in [-0.05, 0) is 71.8 Å². The summed E-state index contributed by atoms with van der Waals surface area (Å²) >= 11 is 0. The van der Waals surface area contributed by atoms with Gasteiger partial charge in [0, 0.05) is 45.2 Å². The minimum Gasteiger partial charge on any atom is -0.355 e. The Balaban J connectivity index is 1.55. The molecule has 7 nitrogen and oxygen atoms in total. The zero-order valence-electron chi connectivity index (χ0n) is 18.2. The molecule has 0 aliphatic carbocycles. The first-order valence-corrected chi connectivity index (χ1v) is 11.2. The van der Waals surface area contributed by atoms with Crippen LogP contribution < -0.4 is 10.6 Å². The molecular weight excluding hydrogens is 352 g/mol. The Kier molecular flexibility index (Phi) is 7.57. The van der Waals surface area contributed by atoms with Crippen molar-refractivity contribution in [2.24, 2.45) is 4.99 Å². The highest BCUT2D eigenvalue weighted by atomic mass is 16.2. The van der Waals surface area contributed by atoms with Crippen molar-refractivity contribution in [1.82, 2.24) is 25.3 Å². The number of aliphatic imine (C=N–C) groups is 1. The average Bonchev–Trinajstić information content (AvgIpc) is 2.73. The summed E-state index contributed by atoms with van der Waals surface area (Å²) in [5.74, 6) is 1.10. The van der Waals surface area contributed by atoms with Gasteiger partial charge in [-0.1, -0.05) is 6.42 Å². The van der Waals surface area contributed by atoms with E-state index in [4.69, 9.17) is 0 Å². The standard InChI is InChI=1S/C21H40N6O/c1-18(28)26-13-7-19(8-14-26)24-20(22-2)23-17-21(9-15-25(3)16-10-21)27-11-5-4-6-12-27/h19H,4-17H2,1-3H3,(H2,22,23,24). The van der Waals surface area contributed by atoms with Gasteiger partial charge in [-0.3, -0.25) is 14.7 Å². The Labute approximate surface area is 170 Å². The van der Waals surface area contributed by atoms with Gasteiger partial charge in [-0.15, -0.1) is 0 Å². The maximum atomic E-state index is 11.5. The lowest BCUT2D eigenvalue weighted by molar-refractivity contribution is -0.129. The molecular formula is C21H40N6O. The summed E-state index contributed by atoms with van der Waals surface area (Å²) in [4.78, 5) is 23.2. The third-order valence-corrected chi connectivity index (χ3v) is 7.03. The quantitative estimate of drug-likeness (QED) is 0.554. The molecule has 0 spiro atoms. The van der Waals surface area contributed by atoms with Gasteiger partial charge in [0.15, 0.2) is 5.96 Å². The van der Waals surface area contributed by atoms with Crippen LogP contribution in [0.2, 0.25) is 0 Å². The van der Waals surface area contributed by atoms with Gasteiger partial charge in [0.05, 0.1) is 0 Å². The molecule has 0 aromatic heterocycles. The van der Waals surface area contributed by atoms with Gasteiger partial charge in [0.25, 0.3) is 0 Å². The molecule has 7 heteroatoms. The van der Waals surface area contributed by atoms with Crippen molar-refractivity contribution in [3.8, 4) is 0 Å². The molecule has 0 bridgehead atoms. The molecule has 3 heterocycles. The molecule has 0 unspecified atom stereocenters. The second-order valence-corrected chi connectivity index (χ2v) is 8.93. The maximum Gasteiger partial charge on any atom is 0.219 e. The number of guanidine groups is 1. The van der Waals surface area contributed by atoms with Crippen molar-refractivity contribution in [2.45, 2.75) is 63.5 Å². The van der Waals surface area contributed by atoms with Gasteiger partial charge in [0.1, 0.15) is 0 Å². The maximum absolute atomic E-state index is 11.5. The summed E-state index contributed by atoms with van der Waals surface area (Å²) in [6.07, 6.45) is 8.47. The molecule has 3 rings (SSSR count). The molecule has 3 aliphatic rings. The first kappa shape index (κ1) is 21.4. The second-order valence-electron chi connectivity index (χ2n) is 8.93. The lowest BCUT2D eigenvalue weighted by Gasteiger charge is -2.50. The van der Waals surface area contributed by atoms with Crippen LogP contribution in [0.15, 0.2) is 4.99 Å². The highest BCUT2D eigenvalue weighted by molar-refractivity contribution is 5.80. The normalized spacial score (nSPS) is 25.5. The molecule has 3 fully saturated rings. The molecule has 0 radical (unpaired) electrons. The lowest BCUT2D eigenvalue weighted by atomic mass is 9.84. The minimum absolute atomic E-state index is 0.187. The SMILES string of the molecule is CN=C(NCC1(N2CCCCC2)CCN(C)CC1)NC1CCN(C(C)=O)CC1. The lowest BCUT2D eigenvalue weighted by Crippen LogP contribution is -2.62. The first-order chi connectivity index (χ1) is 13.5. The van der Waals surface area contributed by atoms with E-state index in [1.807, 2.05) is 11.9 Å². The fraction of sp³-hybridized carbons (Fsp3) is 0.905. The zero-order chi connectivity index (χ0) is 20.0. The Bertz CT molecular complexity index is 529. The van der Waals surface area contributed by atoms with Crippen molar-refractivity contribution in [3.05, 3.63) is 0 Å². The van der Waals surface area contributed by atoms with E-state index in [1.54, 1.807) is 6.92 Å². The van der Waals surface area contributed by atoms with Crippen molar-refractivity contribution in [2.75, 3.05) is 59.9 Å². The largest absolute Gasteiger partial charge is 0.355 e. The third-order valence-electron chi connectivity index (χ3n) is 7.03. The predicted octanol–water partition coefficient (Wildman–Crippen LogP) is 1.11. The zero-order valence-corrected chi connectivity index (χ0v) is 18.2. The number of carbonyl (C=O) groups excluding carboxylic acids is 1. The van der Waals surface area contributed by atoms with Crippen LogP contribution in [0.5, 0.6) is 0 Å². The summed E-state index contributed by atoms with van der Waals surface area (Å²) in [6.45, 7) is 9.13. The molecule has 2 N–H and O–H groups in total. The van der Waals surface area contributed by atoms with E-state index in [-0.39, 0.29) is 11.4 Å². The van der Waals surface area contributed by atoms with E-state index in [9.17, 15) is 4.79 Å². The van der Waals surface area contributed by atoms with E-state index in [0.717, 1.165) is 38.4 Å². The van der Waals surface area contributed by atoms with Crippen LogP contribution in [0.25, 0.3) is 0 Å².